The molecule has 110 valence electrons. The predicted molar refractivity (Wildman–Crippen MR) is 80.7 cm³/mol. The molecular formula is C15H18N4O2. The van der Waals surface area contributed by atoms with E-state index in [9.17, 15) is 4.79 Å². The third-order valence-electron chi connectivity index (χ3n) is 3.54. The topological polar surface area (TPSA) is 82.2 Å². The van der Waals surface area contributed by atoms with Gasteiger partial charge >= 0.3 is 0 Å². The fourth-order valence-corrected chi connectivity index (χ4v) is 2.47. The lowest BCUT2D eigenvalue weighted by atomic mass is 10.0. The highest BCUT2D eigenvalue weighted by atomic mass is 16.5. The molecule has 2 aromatic rings. The Kier molecular flexibility index (Phi) is 3.87. The first-order valence-electron chi connectivity index (χ1n) is 7.01. The van der Waals surface area contributed by atoms with Gasteiger partial charge in [0, 0.05) is 30.6 Å². The highest BCUT2D eigenvalue weighted by molar-refractivity contribution is 5.40. The van der Waals surface area contributed by atoms with E-state index < -0.39 is 0 Å². The largest absolute Gasteiger partial charge is 0.493 e. The van der Waals surface area contributed by atoms with Gasteiger partial charge in [0.2, 0.25) is 0 Å². The number of para-hydroxylation sites is 1. The minimum absolute atomic E-state index is 0.124. The van der Waals surface area contributed by atoms with E-state index in [0.717, 1.165) is 11.3 Å². The molecule has 0 aliphatic carbocycles. The van der Waals surface area contributed by atoms with E-state index in [1.807, 2.05) is 24.3 Å². The van der Waals surface area contributed by atoms with Crippen molar-refractivity contribution in [3.8, 4) is 5.75 Å². The first kappa shape index (κ1) is 13.6. The molecule has 1 aliphatic heterocycles. The van der Waals surface area contributed by atoms with Crippen molar-refractivity contribution in [2.45, 2.75) is 12.5 Å². The molecule has 3 N–H and O–H groups in total. The molecule has 0 amide bonds. The van der Waals surface area contributed by atoms with Crippen molar-refractivity contribution >= 4 is 5.69 Å². The van der Waals surface area contributed by atoms with Crippen molar-refractivity contribution in [3.05, 3.63) is 52.4 Å². The number of nitrogens with zero attached hydrogens (tertiary/aromatic N) is 2. The van der Waals surface area contributed by atoms with Crippen molar-refractivity contribution in [2.24, 2.45) is 5.73 Å². The summed E-state index contributed by atoms with van der Waals surface area (Å²) in [6.07, 6.45) is 1.65. The molecule has 0 bridgehead atoms. The van der Waals surface area contributed by atoms with E-state index in [1.165, 1.54) is 4.68 Å². The summed E-state index contributed by atoms with van der Waals surface area (Å²) in [4.78, 5) is 12.1. The predicted octanol–water partition coefficient (Wildman–Crippen LogP) is 0.790. The van der Waals surface area contributed by atoms with Crippen LogP contribution in [0.1, 0.15) is 11.5 Å². The summed E-state index contributed by atoms with van der Waals surface area (Å²) in [5.74, 6) is 1.06. The molecule has 6 nitrogen and oxygen atoms in total. The average molecular weight is 286 g/mol. The SMILES string of the molecule is NCCNc1cnn(CC2COc3ccccc32)c(=O)c1. The van der Waals surface area contributed by atoms with Crippen LogP contribution in [0.15, 0.2) is 41.3 Å². The van der Waals surface area contributed by atoms with Crippen molar-refractivity contribution < 1.29 is 4.74 Å². The Morgan fingerprint density at radius 2 is 2.29 bits per heavy atom. The molecule has 1 aromatic carbocycles. The minimum Gasteiger partial charge on any atom is -0.493 e. The van der Waals surface area contributed by atoms with Crippen LogP contribution in [0.3, 0.4) is 0 Å². The number of ether oxygens (including phenoxy) is 1. The molecule has 1 unspecified atom stereocenters. The van der Waals surface area contributed by atoms with Gasteiger partial charge in [-0.15, -0.1) is 0 Å². The number of fused-ring (bicyclic) bond motifs is 1. The number of rotatable bonds is 5. The summed E-state index contributed by atoms with van der Waals surface area (Å²) >= 11 is 0. The Morgan fingerprint density at radius 3 is 3.10 bits per heavy atom. The van der Waals surface area contributed by atoms with Gasteiger partial charge < -0.3 is 15.8 Å². The molecule has 0 radical (unpaired) electrons. The zero-order chi connectivity index (χ0) is 14.7. The quantitative estimate of drug-likeness (QED) is 0.849. The maximum atomic E-state index is 12.1. The van der Waals surface area contributed by atoms with Crippen LogP contribution >= 0.6 is 0 Å². The summed E-state index contributed by atoms with van der Waals surface area (Å²) in [5, 5.41) is 7.26. The summed E-state index contributed by atoms with van der Waals surface area (Å²) in [6.45, 7) is 2.24. The molecule has 6 heteroatoms. The lowest BCUT2D eigenvalue weighted by Gasteiger charge is -2.11. The van der Waals surface area contributed by atoms with E-state index in [0.29, 0.717) is 31.9 Å². The number of hydrogen-bond acceptors (Lipinski definition) is 5. The van der Waals surface area contributed by atoms with Crippen molar-refractivity contribution in [1.82, 2.24) is 9.78 Å². The second-order valence-electron chi connectivity index (χ2n) is 5.03. The van der Waals surface area contributed by atoms with Gasteiger partial charge in [-0.05, 0) is 6.07 Å². The van der Waals surface area contributed by atoms with Crippen LogP contribution in [-0.2, 0) is 6.54 Å². The van der Waals surface area contributed by atoms with E-state index in [4.69, 9.17) is 10.5 Å². The average Bonchev–Trinajstić information content (AvgIpc) is 2.91. The van der Waals surface area contributed by atoms with Crippen molar-refractivity contribution in [3.63, 3.8) is 0 Å². The zero-order valence-corrected chi connectivity index (χ0v) is 11.7. The molecule has 0 saturated heterocycles. The van der Waals surface area contributed by atoms with Gasteiger partial charge in [-0.2, -0.15) is 5.10 Å². The Bertz CT molecular complexity index is 683. The number of aromatic nitrogens is 2. The molecule has 1 aromatic heterocycles. The first-order chi connectivity index (χ1) is 10.3. The Balaban J connectivity index is 1.76. The van der Waals surface area contributed by atoms with Gasteiger partial charge in [0.1, 0.15) is 5.75 Å². The Labute approximate surface area is 122 Å². The van der Waals surface area contributed by atoms with Gasteiger partial charge in [0.25, 0.3) is 5.56 Å². The monoisotopic (exact) mass is 286 g/mol. The maximum Gasteiger partial charge on any atom is 0.268 e. The van der Waals surface area contributed by atoms with Gasteiger partial charge in [-0.1, -0.05) is 18.2 Å². The van der Waals surface area contributed by atoms with Crippen LogP contribution in [0.25, 0.3) is 0 Å². The van der Waals surface area contributed by atoms with E-state index >= 15 is 0 Å². The zero-order valence-electron chi connectivity index (χ0n) is 11.7. The first-order valence-corrected chi connectivity index (χ1v) is 7.01. The molecule has 0 fully saturated rings. The summed E-state index contributed by atoms with van der Waals surface area (Å²) in [6, 6.07) is 9.46. The van der Waals surface area contributed by atoms with Gasteiger partial charge in [-0.25, -0.2) is 4.68 Å². The third kappa shape index (κ3) is 2.90. The summed E-state index contributed by atoms with van der Waals surface area (Å²) in [7, 11) is 0. The highest BCUT2D eigenvalue weighted by Crippen LogP contribution is 2.33. The normalized spacial score (nSPS) is 16.3. The van der Waals surface area contributed by atoms with E-state index in [1.54, 1.807) is 12.3 Å². The molecule has 0 saturated carbocycles. The standard InChI is InChI=1S/C15H18N4O2/c16-5-6-17-12-7-15(20)19(18-8-12)9-11-10-21-14-4-2-1-3-13(11)14/h1-4,7-8,11,17H,5-6,9-10,16H2. The van der Waals surface area contributed by atoms with Crippen LogP contribution in [0.5, 0.6) is 5.75 Å². The molecule has 2 heterocycles. The summed E-state index contributed by atoms with van der Waals surface area (Å²) in [5.41, 5.74) is 7.13. The molecular weight excluding hydrogens is 268 g/mol. The molecule has 0 spiro atoms. The van der Waals surface area contributed by atoms with Gasteiger partial charge in [0.15, 0.2) is 0 Å². The lowest BCUT2D eigenvalue weighted by molar-refractivity contribution is 0.313. The number of benzene rings is 1. The van der Waals surface area contributed by atoms with Crippen LogP contribution in [0.4, 0.5) is 5.69 Å². The number of anilines is 1. The lowest BCUT2D eigenvalue weighted by Crippen LogP contribution is -2.26. The molecule has 1 aliphatic rings. The Hall–Kier alpha value is -2.34. The highest BCUT2D eigenvalue weighted by Gasteiger charge is 2.24. The smallest absolute Gasteiger partial charge is 0.268 e. The van der Waals surface area contributed by atoms with Crippen LogP contribution < -0.4 is 21.3 Å². The fraction of sp³-hybridized carbons (Fsp3) is 0.333. The van der Waals surface area contributed by atoms with E-state index in [-0.39, 0.29) is 11.5 Å². The minimum atomic E-state index is -0.124. The van der Waals surface area contributed by atoms with Gasteiger partial charge in [0.05, 0.1) is 25.0 Å². The molecule has 3 rings (SSSR count). The number of nitrogens with two attached hydrogens (primary N) is 1. The van der Waals surface area contributed by atoms with Crippen LogP contribution in [-0.4, -0.2) is 29.5 Å². The van der Waals surface area contributed by atoms with E-state index in [2.05, 4.69) is 10.4 Å². The van der Waals surface area contributed by atoms with Crippen LogP contribution in [0, 0.1) is 0 Å². The number of hydrogen-bond donors (Lipinski definition) is 2. The number of nitrogens with one attached hydrogen (secondary N) is 1. The Morgan fingerprint density at radius 1 is 1.43 bits per heavy atom. The van der Waals surface area contributed by atoms with Crippen molar-refractivity contribution in [2.75, 3.05) is 25.0 Å². The molecule has 1 atom stereocenters. The summed E-state index contributed by atoms with van der Waals surface area (Å²) < 4.78 is 7.11. The third-order valence-corrected chi connectivity index (χ3v) is 3.54. The van der Waals surface area contributed by atoms with Crippen LogP contribution in [0.2, 0.25) is 0 Å². The second kappa shape index (κ2) is 5.97. The van der Waals surface area contributed by atoms with Crippen molar-refractivity contribution in [1.29, 1.82) is 0 Å². The fourth-order valence-electron chi connectivity index (χ4n) is 2.47. The maximum absolute atomic E-state index is 12.1. The molecule has 21 heavy (non-hydrogen) atoms. The second-order valence-corrected chi connectivity index (χ2v) is 5.03. The van der Waals surface area contributed by atoms with Gasteiger partial charge in [-0.3, -0.25) is 4.79 Å².